The number of hydrogen-bond donors (Lipinski definition) is 1. The standard InChI is InChI=1S/C12H10ClF3N2O2/c13-8-3-7(4-10-11(8)20-2-1-19-10)9(5-17)18-6-12(14,15)16/h3-4,9,18H,1-2,6H2. The molecule has 1 aliphatic heterocycles. The quantitative estimate of drug-likeness (QED) is 0.933. The highest BCUT2D eigenvalue weighted by Gasteiger charge is 2.29. The van der Waals surface area contributed by atoms with Gasteiger partial charge in [0.1, 0.15) is 19.3 Å². The van der Waals surface area contributed by atoms with Crippen molar-refractivity contribution in [1.29, 1.82) is 5.26 Å². The first kappa shape index (κ1) is 14.8. The van der Waals surface area contributed by atoms with Gasteiger partial charge in [-0.1, -0.05) is 11.6 Å². The van der Waals surface area contributed by atoms with Gasteiger partial charge in [0.2, 0.25) is 0 Å². The number of ether oxygens (including phenoxy) is 2. The summed E-state index contributed by atoms with van der Waals surface area (Å²) in [5.41, 5.74) is 0.297. The van der Waals surface area contributed by atoms with Crippen molar-refractivity contribution in [3.05, 3.63) is 22.7 Å². The first-order valence-corrected chi connectivity index (χ1v) is 6.07. The van der Waals surface area contributed by atoms with Crippen LogP contribution in [0.2, 0.25) is 5.02 Å². The van der Waals surface area contributed by atoms with Crippen molar-refractivity contribution in [2.24, 2.45) is 0 Å². The molecule has 1 N–H and O–H groups in total. The number of alkyl halides is 3. The molecule has 0 saturated carbocycles. The van der Waals surface area contributed by atoms with Gasteiger partial charge in [0, 0.05) is 0 Å². The van der Waals surface area contributed by atoms with E-state index >= 15 is 0 Å². The third-order valence-corrected chi connectivity index (χ3v) is 2.87. The monoisotopic (exact) mass is 306 g/mol. The lowest BCUT2D eigenvalue weighted by atomic mass is 10.1. The van der Waals surface area contributed by atoms with Crippen LogP contribution < -0.4 is 14.8 Å². The van der Waals surface area contributed by atoms with E-state index < -0.39 is 18.8 Å². The van der Waals surface area contributed by atoms with E-state index in [1.165, 1.54) is 12.1 Å². The van der Waals surface area contributed by atoms with Gasteiger partial charge in [-0.3, -0.25) is 5.32 Å². The number of hydrogen-bond acceptors (Lipinski definition) is 4. The lowest BCUT2D eigenvalue weighted by Crippen LogP contribution is -2.31. The summed E-state index contributed by atoms with van der Waals surface area (Å²) in [5, 5.41) is 11.3. The highest BCUT2D eigenvalue weighted by atomic mass is 35.5. The maximum absolute atomic E-state index is 12.2. The van der Waals surface area contributed by atoms with E-state index in [0.717, 1.165) is 0 Å². The van der Waals surface area contributed by atoms with E-state index in [1.54, 1.807) is 6.07 Å². The molecule has 0 saturated heterocycles. The topological polar surface area (TPSA) is 54.3 Å². The van der Waals surface area contributed by atoms with E-state index in [1.807, 2.05) is 0 Å². The molecule has 1 aromatic carbocycles. The Morgan fingerprint density at radius 2 is 2.05 bits per heavy atom. The van der Waals surface area contributed by atoms with E-state index in [0.29, 0.717) is 30.3 Å². The van der Waals surface area contributed by atoms with Gasteiger partial charge >= 0.3 is 6.18 Å². The van der Waals surface area contributed by atoms with Crippen LogP contribution in [0.1, 0.15) is 11.6 Å². The van der Waals surface area contributed by atoms with Gasteiger partial charge < -0.3 is 9.47 Å². The van der Waals surface area contributed by atoms with Crippen LogP contribution in [-0.2, 0) is 0 Å². The fourth-order valence-corrected chi connectivity index (χ4v) is 2.03. The summed E-state index contributed by atoms with van der Waals surface area (Å²) in [7, 11) is 0. The van der Waals surface area contributed by atoms with Gasteiger partial charge in [-0.05, 0) is 17.7 Å². The second-order valence-electron chi connectivity index (χ2n) is 4.09. The van der Waals surface area contributed by atoms with Crippen LogP contribution in [0.4, 0.5) is 13.2 Å². The average Bonchev–Trinajstić information content (AvgIpc) is 2.38. The molecule has 0 radical (unpaired) electrons. The van der Waals surface area contributed by atoms with Crippen LogP contribution in [0.15, 0.2) is 12.1 Å². The van der Waals surface area contributed by atoms with Gasteiger partial charge in [0.05, 0.1) is 17.6 Å². The van der Waals surface area contributed by atoms with Crippen molar-refractivity contribution >= 4 is 11.6 Å². The van der Waals surface area contributed by atoms with Crippen molar-refractivity contribution in [2.45, 2.75) is 12.2 Å². The Morgan fingerprint density at radius 3 is 2.70 bits per heavy atom. The highest BCUT2D eigenvalue weighted by Crippen LogP contribution is 2.39. The molecule has 0 bridgehead atoms. The molecule has 0 amide bonds. The maximum Gasteiger partial charge on any atom is 0.401 e. The molecular weight excluding hydrogens is 297 g/mol. The first-order chi connectivity index (χ1) is 9.40. The van der Waals surface area contributed by atoms with Gasteiger partial charge in [-0.25, -0.2) is 0 Å². The SMILES string of the molecule is N#CC(NCC(F)(F)F)c1cc(Cl)c2c(c1)OCCO2. The normalized spacial score (nSPS) is 15.6. The number of fused-ring (bicyclic) bond motifs is 1. The van der Waals surface area contributed by atoms with Crippen LogP contribution in [-0.4, -0.2) is 25.9 Å². The van der Waals surface area contributed by atoms with Crippen LogP contribution in [0, 0.1) is 11.3 Å². The first-order valence-electron chi connectivity index (χ1n) is 5.69. The molecule has 2 rings (SSSR count). The third-order valence-electron chi connectivity index (χ3n) is 2.59. The second kappa shape index (κ2) is 5.77. The Bertz CT molecular complexity index is 543. The average molecular weight is 307 g/mol. The minimum absolute atomic E-state index is 0.200. The Balaban J connectivity index is 2.22. The molecule has 4 nitrogen and oxygen atoms in total. The molecule has 0 aromatic heterocycles. The molecule has 20 heavy (non-hydrogen) atoms. The van der Waals surface area contributed by atoms with Crippen LogP contribution >= 0.6 is 11.6 Å². The number of rotatable bonds is 3. The zero-order valence-corrected chi connectivity index (χ0v) is 10.9. The molecule has 1 unspecified atom stereocenters. The molecule has 8 heteroatoms. The van der Waals surface area contributed by atoms with Crippen molar-refractivity contribution in [3.63, 3.8) is 0 Å². The van der Waals surface area contributed by atoms with Crippen molar-refractivity contribution in [3.8, 4) is 17.6 Å². The molecule has 0 aliphatic carbocycles. The van der Waals surface area contributed by atoms with E-state index in [9.17, 15) is 13.2 Å². The van der Waals surface area contributed by atoms with Crippen molar-refractivity contribution < 1.29 is 22.6 Å². The largest absolute Gasteiger partial charge is 0.486 e. The lowest BCUT2D eigenvalue weighted by Gasteiger charge is -2.21. The third kappa shape index (κ3) is 3.46. The number of nitriles is 1. The predicted octanol–water partition coefficient (Wildman–Crippen LogP) is 2.83. The summed E-state index contributed by atoms with van der Waals surface area (Å²) in [6.45, 7) is -0.600. The summed E-state index contributed by atoms with van der Waals surface area (Å²) in [6.07, 6.45) is -4.40. The number of nitrogens with one attached hydrogen (secondary N) is 1. The minimum Gasteiger partial charge on any atom is -0.486 e. The molecular formula is C12H10ClF3N2O2. The minimum atomic E-state index is -4.40. The number of halogens is 4. The second-order valence-corrected chi connectivity index (χ2v) is 4.49. The lowest BCUT2D eigenvalue weighted by molar-refractivity contribution is -0.125. The smallest absolute Gasteiger partial charge is 0.401 e. The zero-order valence-electron chi connectivity index (χ0n) is 10.1. The molecule has 0 fully saturated rings. The summed E-state index contributed by atoms with van der Waals surface area (Å²) in [5.74, 6) is 0.669. The Labute approximate surface area is 118 Å². The zero-order chi connectivity index (χ0) is 14.8. The predicted molar refractivity (Wildman–Crippen MR) is 64.9 cm³/mol. The van der Waals surface area contributed by atoms with Crippen LogP contribution in [0.5, 0.6) is 11.5 Å². The maximum atomic E-state index is 12.2. The van der Waals surface area contributed by atoms with Crippen molar-refractivity contribution in [1.82, 2.24) is 5.32 Å². The fraction of sp³-hybridized carbons (Fsp3) is 0.417. The van der Waals surface area contributed by atoms with Gasteiger partial charge in [-0.2, -0.15) is 18.4 Å². The molecule has 1 aromatic rings. The van der Waals surface area contributed by atoms with E-state index in [-0.39, 0.29) is 5.02 Å². The fourth-order valence-electron chi connectivity index (χ4n) is 1.75. The molecule has 0 spiro atoms. The van der Waals surface area contributed by atoms with Crippen LogP contribution in [0.25, 0.3) is 0 Å². The Hall–Kier alpha value is -1.65. The van der Waals surface area contributed by atoms with E-state index in [2.05, 4.69) is 5.32 Å². The van der Waals surface area contributed by atoms with Gasteiger partial charge in [0.15, 0.2) is 11.5 Å². The Kier molecular flexibility index (Phi) is 4.26. The van der Waals surface area contributed by atoms with Gasteiger partial charge in [-0.15, -0.1) is 0 Å². The summed E-state index contributed by atoms with van der Waals surface area (Å²) >= 11 is 5.97. The molecule has 108 valence electrons. The van der Waals surface area contributed by atoms with Crippen molar-refractivity contribution in [2.75, 3.05) is 19.8 Å². The summed E-state index contributed by atoms with van der Waals surface area (Å²) in [4.78, 5) is 0. The molecule has 1 aliphatic rings. The van der Waals surface area contributed by atoms with Gasteiger partial charge in [0.25, 0.3) is 0 Å². The summed E-state index contributed by atoms with van der Waals surface area (Å²) in [6, 6.07) is 3.48. The summed E-state index contributed by atoms with van der Waals surface area (Å²) < 4.78 is 47.1. The number of nitrogens with zero attached hydrogens (tertiary/aromatic N) is 1. The number of benzene rings is 1. The molecule has 1 atom stereocenters. The molecule has 1 heterocycles. The van der Waals surface area contributed by atoms with Crippen LogP contribution in [0.3, 0.4) is 0 Å². The Morgan fingerprint density at radius 1 is 1.35 bits per heavy atom. The highest BCUT2D eigenvalue weighted by molar-refractivity contribution is 6.32. The van der Waals surface area contributed by atoms with E-state index in [4.69, 9.17) is 26.3 Å².